The van der Waals surface area contributed by atoms with Gasteiger partial charge in [-0.3, -0.25) is 19.8 Å². The summed E-state index contributed by atoms with van der Waals surface area (Å²) in [6, 6.07) is 4.99. The summed E-state index contributed by atoms with van der Waals surface area (Å²) in [5, 5.41) is 14.3. The minimum absolute atomic E-state index is 0.138. The highest BCUT2D eigenvalue weighted by Gasteiger charge is 2.44. The number of hydrogen-bond acceptors (Lipinski definition) is 8. The molecular formula is C18H21N5O5. The Bertz CT molecular complexity index is 881. The number of nitro groups is 1. The number of nitrogens with zero attached hydrogens (tertiary/aromatic N) is 3. The van der Waals surface area contributed by atoms with Crippen LogP contribution in [0.4, 0.5) is 10.5 Å². The third-order valence-corrected chi connectivity index (χ3v) is 4.82. The lowest BCUT2D eigenvalue weighted by atomic mass is 9.84. The van der Waals surface area contributed by atoms with Gasteiger partial charge >= 0.3 is 6.09 Å². The zero-order chi connectivity index (χ0) is 20.4. The van der Waals surface area contributed by atoms with Crippen LogP contribution < -0.4 is 11.1 Å². The molecule has 1 aromatic carbocycles. The maximum atomic E-state index is 13.2. The molecule has 0 aromatic heterocycles. The third-order valence-electron chi connectivity index (χ3n) is 4.82. The highest BCUT2D eigenvalue weighted by atomic mass is 16.6. The van der Waals surface area contributed by atoms with Crippen molar-refractivity contribution in [1.82, 2.24) is 10.2 Å². The molecule has 3 unspecified atom stereocenters. The van der Waals surface area contributed by atoms with Gasteiger partial charge in [-0.05, 0) is 25.5 Å². The Kier molecular flexibility index (Phi) is 5.41. The standard InChI is InChI=1S/C18H21N5O5/c1-10-21-17-14(16(24)12(6-7-19)9-20-17)15(22(10)18(25)28-2)11-4-3-5-13(8-11)23(26)27/h3-5,8-10,12,15,21H,6-7,19H2,1-2H3. The fourth-order valence-corrected chi connectivity index (χ4v) is 3.52. The summed E-state index contributed by atoms with van der Waals surface area (Å²) in [5.74, 6) is -0.387. The van der Waals surface area contributed by atoms with Crippen LogP contribution in [0.25, 0.3) is 0 Å². The molecule has 10 nitrogen and oxygen atoms in total. The lowest BCUT2D eigenvalue weighted by molar-refractivity contribution is -0.384. The fourth-order valence-electron chi connectivity index (χ4n) is 3.52. The lowest BCUT2D eigenvalue weighted by Gasteiger charge is -2.43. The molecule has 0 aliphatic carbocycles. The number of benzene rings is 1. The van der Waals surface area contributed by atoms with Crippen LogP contribution >= 0.6 is 0 Å². The molecule has 0 radical (unpaired) electrons. The van der Waals surface area contributed by atoms with Gasteiger partial charge in [0.05, 0.1) is 29.6 Å². The Hall–Kier alpha value is -3.27. The van der Waals surface area contributed by atoms with Crippen molar-refractivity contribution in [3.63, 3.8) is 0 Å². The summed E-state index contributed by atoms with van der Waals surface area (Å²) in [6.07, 6.45) is 0.743. The van der Waals surface area contributed by atoms with Gasteiger partial charge in [0.25, 0.3) is 5.69 Å². The molecule has 2 aliphatic heterocycles. The minimum Gasteiger partial charge on any atom is -0.453 e. The molecule has 1 amide bonds. The summed E-state index contributed by atoms with van der Waals surface area (Å²) in [4.78, 5) is 42.1. The molecule has 2 heterocycles. The summed E-state index contributed by atoms with van der Waals surface area (Å²) >= 11 is 0. The van der Waals surface area contributed by atoms with E-state index < -0.39 is 29.1 Å². The van der Waals surface area contributed by atoms with Crippen molar-refractivity contribution >= 4 is 23.8 Å². The Labute approximate surface area is 161 Å². The van der Waals surface area contributed by atoms with Gasteiger partial charge in [0.2, 0.25) is 0 Å². The Balaban J connectivity index is 2.17. The van der Waals surface area contributed by atoms with E-state index in [1.54, 1.807) is 19.2 Å². The SMILES string of the molecule is COC(=O)N1C(C)NC2=C(C(=O)C(CCN)C=N2)C1c1cccc([N+](=O)[O-])c1. The Morgan fingerprint density at radius 2 is 2.21 bits per heavy atom. The second kappa shape index (κ2) is 7.77. The van der Waals surface area contributed by atoms with Gasteiger partial charge in [0.1, 0.15) is 12.0 Å². The second-order valence-electron chi connectivity index (χ2n) is 6.54. The molecular weight excluding hydrogens is 366 g/mol. The first-order chi connectivity index (χ1) is 13.4. The number of carbonyl (C=O) groups excluding carboxylic acids is 2. The number of aliphatic imine (C=N–C) groups is 1. The lowest BCUT2D eigenvalue weighted by Crippen LogP contribution is -2.54. The van der Waals surface area contributed by atoms with E-state index in [9.17, 15) is 19.7 Å². The van der Waals surface area contributed by atoms with Crippen molar-refractivity contribution < 1.29 is 19.2 Å². The first kappa shape index (κ1) is 19.5. The maximum Gasteiger partial charge on any atom is 0.411 e. The van der Waals surface area contributed by atoms with Crippen LogP contribution in [0.15, 0.2) is 40.7 Å². The van der Waals surface area contributed by atoms with Gasteiger partial charge < -0.3 is 15.8 Å². The van der Waals surface area contributed by atoms with Gasteiger partial charge in [-0.2, -0.15) is 0 Å². The number of ether oxygens (including phenoxy) is 1. The van der Waals surface area contributed by atoms with E-state index in [4.69, 9.17) is 10.5 Å². The minimum atomic E-state index is -0.871. The quantitative estimate of drug-likeness (QED) is 0.589. The molecule has 0 saturated heterocycles. The smallest absolute Gasteiger partial charge is 0.411 e. The molecule has 2 aliphatic rings. The molecule has 1 aromatic rings. The first-order valence-electron chi connectivity index (χ1n) is 8.78. The van der Waals surface area contributed by atoms with Gasteiger partial charge in [0, 0.05) is 18.3 Å². The molecule has 0 spiro atoms. The van der Waals surface area contributed by atoms with E-state index in [1.165, 1.54) is 30.2 Å². The van der Waals surface area contributed by atoms with Gasteiger partial charge in [0.15, 0.2) is 5.78 Å². The number of carbonyl (C=O) groups is 2. The number of nitro benzene ring substituents is 1. The second-order valence-corrected chi connectivity index (χ2v) is 6.54. The van der Waals surface area contributed by atoms with Crippen molar-refractivity contribution in [2.75, 3.05) is 13.7 Å². The zero-order valence-electron chi connectivity index (χ0n) is 15.5. The van der Waals surface area contributed by atoms with E-state index >= 15 is 0 Å². The molecule has 10 heteroatoms. The first-order valence-corrected chi connectivity index (χ1v) is 8.78. The highest BCUT2D eigenvalue weighted by molar-refractivity contribution is 6.09. The van der Waals surface area contributed by atoms with Crippen LogP contribution in [-0.4, -0.2) is 47.7 Å². The highest BCUT2D eigenvalue weighted by Crippen LogP contribution is 2.39. The molecule has 0 bridgehead atoms. The molecule has 28 heavy (non-hydrogen) atoms. The van der Waals surface area contributed by atoms with Crippen molar-refractivity contribution in [2.24, 2.45) is 16.6 Å². The van der Waals surface area contributed by atoms with Crippen molar-refractivity contribution in [3.05, 3.63) is 51.3 Å². The van der Waals surface area contributed by atoms with Crippen LogP contribution in [0.1, 0.15) is 24.9 Å². The average Bonchev–Trinajstić information content (AvgIpc) is 2.68. The molecule has 3 atom stereocenters. The number of amides is 1. The number of methoxy groups -OCH3 is 1. The number of ketones is 1. The fraction of sp³-hybridized carbons (Fsp3) is 0.389. The van der Waals surface area contributed by atoms with Gasteiger partial charge in [-0.15, -0.1) is 0 Å². The number of rotatable bonds is 4. The molecule has 0 saturated carbocycles. The van der Waals surface area contributed by atoms with Crippen LogP contribution in [0, 0.1) is 16.0 Å². The Morgan fingerprint density at radius 1 is 1.46 bits per heavy atom. The maximum absolute atomic E-state index is 13.2. The van der Waals surface area contributed by atoms with Crippen LogP contribution in [-0.2, 0) is 9.53 Å². The van der Waals surface area contributed by atoms with E-state index in [0.29, 0.717) is 24.4 Å². The largest absolute Gasteiger partial charge is 0.453 e. The normalized spacial score (nSPS) is 23.9. The molecule has 3 N–H and O–H groups in total. The molecule has 3 rings (SSSR count). The predicted octanol–water partition coefficient (Wildman–Crippen LogP) is 1.48. The number of non-ortho nitro benzene ring substituents is 1. The zero-order valence-corrected chi connectivity index (χ0v) is 15.5. The summed E-state index contributed by atoms with van der Waals surface area (Å²) in [5.41, 5.74) is 6.16. The number of hydrogen-bond donors (Lipinski definition) is 2. The van der Waals surface area contributed by atoms with Crippen molar-refractivity contribution in [1.29, 1.82) is 0 Å². The molecule has 0 fully saturated rings. The van der Waals surface area contributed by atoms with Crippen LogP contribution in [0.3, 0.4) is 0 Å². The number of Topliss-reactive ketones (excluding diaryl/α,β-unsaturated/α-hetero) is 1. The topological polar surface area (TPSA) is 140 Å². The Morgan fingerprint density at radius 3 is 2.86 bits per heavy atom. The number of nitrogens with one attached hydrogen (secondary N) is 1. The van der Waals surface area contributed by atoms with E-state index in [-0.39, 0.29) is 17.0 Å². The van der Waals surface area contributed by atoms with Crippen LogP contribution in [0.2, 0.25) is 0 Å². The van der Waals surface area contributed by atoms with E-state index in [0.717, 1.165) is 0 Å². The van der Waals surface area contributed by atoms with Crippen LogP contribution in [0.5, 0.6) is 0 Å². The summed E-state index contributed by atoms with van der Waals surface area (Å²) in [7, 11) is 1.24. The van der Waals surface area contributed by atoms with E-state index in [2.05, 4.69) is 10.3 Å². The number of nitrogens with two attached hydrogens (primary N) is 1. The third kappa shape index (κ3) is 3.33. The monoisotopic (exact) mass is 387 g/mol. The van der Waals surface area contributed by atoms with Crippen molar-refractivity contribution in [3.8, 4) is 0 Å². The van der Waals surface area contributed by atoms with Crippen molar-refractivity contribution in [2.45, 2.75) is 25.6 Å². The summed E-state index contributed by atoms with van der Waals surface area (Å²) < 4.78 is 4.90. The molecule has 148 valence electrons. The average molecular weight is 387 g/mol. The van der Waals surface area contributed by atoms with E-state index in [1.807, 2.05) is 0 Å². The van der Waals surface area contributed by atoms with Gasteiger partial charge in [-0.1, -0.05) is 12.1 Å². The predicted molar refractivity (Wildman–Crippen MR) is 100 cm³/mol. The summed E-state index contributed by atoms with van der Waals surface area (Å²) in [6.45, 7) is 2.02. The van der Waals surface area contributed by atoms with Gasteiger partial charge in [-0.25, -0.2) is 9.79 Å².